The van der Waals surface area contributed by atoms with E-state index in [4.69, 9.17) is 9.37 Å². The molecule has 206 valence electrons. The van der Waals surface area contributed by atoms with Gasteiger partial charge in [0.25, 0.3) is 0 Å². The number of aryl methyl sites for hydroxylation is 1. The van der Waals surface area contributed by atoms with Gasteiger partial charge in [0.1, 0.15) is 5.75 Å². The Balaban J connectivity index is 0.000000212. The summed E-state index contributed by atoms with van der Waals surface area (Å²) in [6, 6.07) is 6.74. The van der Waals surface area contributed by atoms with Gasteiger partial charge >= 0.3 is 0 Å². The van der Waals surface area contributed by atoms with Crippen LogP contribution in [-0.4, -0.2) is 21.6 Å². The van der Waals surface area contributed by atoms with Crippen molar-refractivity contribution in [3.63, 3.8) is 0 Å². The van der Waals surface area contributed by atoms with Gasteiger partial charge in [0.2, 0.25) is 5.82 Å². The first-order valence-corrected chi connectivity index (χ1v) is 14.4. The molecule has 1 fully saturated rings. The molecule has 4 rings (SSSR count). The lowest BCUT2D eigenvalue weighted by Gasteiger charge is -2.22. The van der Waals surface area contributed by atoms with E-state index in [9.17, 15) is 0 Å². The van der Waals surface area contributed by atoms with E-state index >= 15 is 0 Å². The molecular formula is C33H47N3O2. The number of allylic oxidation sites excluding steroid dienone is 6. The first-order chi connectivity index (χ1) is 18.5. The SMILES string of the molecule is C=C(c1cn(CCCC)c2c(OC)cccc12)C1CC1.C=C/C(=C\C=C/C)c1non1C(CCC)CCC. The van der Waals surface area contributed by atoms with Crippen LogP contribution in [0, 0.1) is 5.92 Å². The fourth-order valence-electron chi connectivity index (χ4n) is 4.93. The third-order valence-corrected chi connectivity index (χ3v) is 7.20. The summed E-state index contributed by atoms with van der Waals surface area (Å²) in [7, 11) is 1.75. The van der Waals surface area contributed by atoms with Crippen molar-refractivity contribution in [3.8, 4) is 5.75 Å². The van der Waals surface area contributed by atoms with Gasteiger partial charge in [0, 0.05) is 29.3 Å². The first kappa shape index (κ1) is 29.3. The average Bonchev–Trinajstić information content (AvgIpc) is 3.70. The Morgan fingerprint density at radius 3 is 2.45 bits per heavy atom. The number of fused-ring (bicyclic) bond motifs is 1. The average molecular weight is 518 g/mol. The highest BCUT2D eigenvalue weighted by Crippen LogP contribution is 2.44. The molecule has 2 heterocycles. The minimum absolute atomic E-state index is 0.418. The Bertz CT molecular complexity index is 1230. The molecule has 0 bridgehead atoms. The van der Waals surface area contributed by atoms with Gasteiger partial charge in [-0.25, -0.2) is 0 Å². The molecule has 0 N–H and O–H groups in total. The van der Waals surface area contributed by atoms with Crippen molar-refractivity contribution in [1.29, 1.82) is 0 Å². The van der Waals surface area contributed by atoms with E-state index in [0.29, 0.717) is 12.0 Å². The van der Waals surface area contributed by atoms with E-state index < -0.39 is 0 Å². The number of hydrogen-bond acceptors (Lipinski definition) is 3. The van der Waals surface area contributed by atoms with Gasteiger partial charge < -0.3 is 9.30 Å². The highest BCUT2D eigenvalue weighted by molar-refractivity contribution is 5.96. The summed E-state index contributed by atoms with van der Waals surface area (Å²) >= 11 is 0. The molecule has 2 aromatic heterocycles. The Morgan fingerprint density at radius 2 is 1.92 bits per heavy atom. The van der Waals surface area contributed by atoms with Gasteiger partial charge in [-0.3, -0.25) is 4.63 Å². The van der Waals surface area contributed by atoms with Gasteiger partial charge in [-0.2, -0.15) is 4.74 Å². The maximum absolute atomic E-state index is 5.57. The Morgan fingerprint density at radius 1 is 1.18 bits per heavy atom. The number of nitrogens with zero attached hydrogens (tertiary/aromatic N) is 3. The number of unbranched alkanes of at least 4 members (excludes halogenated alkanes) is 1. The minimum atomic E-state index is 0.418. The number of aromatic nitrogens is 3. The predicted octanol–water partition coefficient (Wildman–Crippen LogP) is 9.64. The van der Waals surface area contributed by atoms with Crippen molar-refractivity contribution < 1.29 is 9.37 Å². The molecule has 1 aliphatic carbocycles. The molecule has 0 unspecified atom stereocenters. The fraction of sp³-hybridized carbons (Fsp3) is 0.485. The summed E-state index contributed by atoms with van der Waals surface area (Å²) < 4.78 is 15.1. The van der Waals surface area contributed by atoms with Gasteiger partial charge in [-0.15, -0.1) is 0 Å². The number of para-hydroxylation sites is 1. The van der Waals surface area contributed by atoms with Gasteiger partial charge in [0.05, 0.1) is 18.7 Å². The molecule has 3 aromatic rings. The summed E-state index contributed by atoms with van der Waals surface area (Å²) in [5.74, 6) is 2.56. The third kappa shape index (κ3) is 7.00. The number of methoxy groups -OCH3 is 1. The summed E-state index contributed by atoms with van der Waals surface area (Å²) in [5, 5.41) is 5.32. The molecule has 0 aliphatic heterocycles. The number of ether oxygens (including phenoxy) is 1. The van der Waals surface area contributed by atoms with Crippen molar-refractivity contribution in [2.45, 2.75) is 91.6 Å². The van der Waals surface area contributed by atoms with Crippen LogP contribution in [-0.2, 0) is 6.54 Å². The lowest BCUT2D eigenvalue weighted by Crippen LogP contribution is -2.19. The quantitative estimate of drug-likeness (QED) is 0.200. The molecule has 38 heavy (non-hydrogen) atoms. The maximum Gasteiger partial charge on any atom is 0.215 e. The minimum Gasteiger partial charge on any atom is -0.495 e. The van der Waals surface area contributed by atoms with Crippen molar-refractivity contribution in [3.05, 3.63) is 73.2 Å². The van der Waals surface area contributed by atoms with Crippen LogP contribution in [0.2, 0.25) is 0 Å². The topological polar surface area (TPSA) is 45.1 Å². The summed E-state index contributed by atoms with van der Waals surface area (Å²) in [4.78, 5) is 0. The van der Waals surface area contributed by atoms with Crippen LogP contribution in [0.4, 0.5) is 0 Å². The lowest BCUT2D eigenvalue weighted by molar-refractivity contribution is 0.0679. The Kier molecular flexibility index (Phi) is 11.3. The van der Waals surface area contributed by atoms with Crippen molar-refractivity contribution in [2.75, 3.05) is 7.11 Å². The Hall–Kier alpha value is -3.21. The van der Waals surface area contributed by atoms with E-state index in [-0.39, 0.29) is 0 Å². The van der Waals surface area contributed by atoms with Crippen LogP contribution in [0.25, 0.3) is 22.0 Å². The zero-order chi connectivity index (χ0) is 27.5. The zero-order valence-electron chi connectivity index (χ0n) is 24.2. The van der Waals surface area contributed by atoms with E-state index in [0.717, 1.165) is 49.4 Å². The second-order valence-corrected chi connectivity index (χ2v) is 10.2. The van der Waals surface area contributed by atoms with Gasteiger partial charge in [0.15, 0.2) is 0 Å². The molecule has 1 aliphatic rings. The number of hydrogen-bond donors (Lipinski definition) is 0. The number of rotatable bonds is 14. The van der Waals surface area contributed by atoms with E-state index in [1.807, 2.05) is 36.0 Å². The summed E-state index contributed by atoms with van der Waals surface area (Å²) in [5.41, 5.74) is 4.85. The van der Waals surface area contributed by atoms with Crippen LogP contribution >= 0.6 is 0 Å². The van der Waals surface area contributed by atoms with Crippen LogP contribution in [0.5, 0.6) is 5.75 Å². The maximum atomic E-state index is 5.57. The fourth-order valence-corrected chi connectivity index (χ4v) is 4.93. The molecule has 0 saturated heterocycles. The molecule has 0 spiro atoms. The zero-order valence-corrected chi connectivity index (χ0v) is 24.2. The standard InChI is InChI=1S/C18H23NO.C15H24N2O/c1-4-5-11-19-12-16(13(2)14-9-10-14)15-7-6-8-17(20-3)18(15)19;1-5-9-12-13(8-4)15-16-18-17(15)14(10-6-2)11-7-3/h6-8,12,14H,2,4-5,9-11H2,1,3H3;5,8-9,12,14H,4,6-7,10-11H2,1-3H3/b;9-5-,13-12+. The van der Waals surface area contributed by atoms with Crippen LogP contribution in [0.15, 0.2) is 66.5 Å². The molecule has 5 heteroatoms. The van der Waals surface area contributed by atoms with Crippen molar-refractivity contribution in [2.24, 2.45) is 5.92 Å². The van der Waals surface area contributed by atoms with Crippen molar-refractivity contribution in [1.82, 2.24) is 14.5 Å². The van der Waals surface area contributed by atoms with E-state index in [1.165, 1.54) is 47.7 Å². The highest BCUT2D eigenvalue weighted by atomic mass is 16.6. The van der Waals surface area contributed by atoms with Gasteiger partial charge in [-0.05, 0) is 61.7 Å². The van der Waals surface area contributed by atoms with E-state index in [2.05, 4.69) is 68.0 Å². The second-order valence-electron chi connectivity index (χ2n) is 10.2. The molecule has 1 saturated carbocycles. The summed E-state index contributed by atoms with van der Waals surface area (Å²) in [6.45, 7) is 17.8. The Labute approximate surface area is 229 Å². The van der Waals surface area contributed by atoms with Gasteiger partial charge in [-0.1, -0.05) is 89.6 Å². The first-order valence-electron chi connectivity index (χ1n) is 14.4. The van der Waals surface area contributed by atoms with Crippen LogP contribution in [0.3, 0.4) is 0 Å². The lowest BCUT2D eigenvalue weighted by atomic mass is 10.0. The molecule has 5 nitrogen and oxygen atoms in total. The van der Waals surface area contributed by atoms with Crippen LogP contribution < -0.4 is 4.74 Å². The third-order valence-electron chi connectivity index (χ3n) is 7.20. The molecule has 0 radical (unpaired) electrons. The normalized spacial score (nSPS) is 13.8. The predicted molar refractivity (Wildman–Crippen MR) is 161 cm³/mol. The highest BCUT2D eigenvalue weighted by Gasteiger charge is 2.27. The van der Waals surface area contributed by atoms with Crippen LogP contribution in [0.1, 0.15) is 96.5 Å². The smallest absolute Gasteiger partial charge is 0.215 e. The van der Waals surface area contributed by atoms with E-state index in [1.54, 1.807) is 7.11 Å². The molecule has 0 amide bonds. The monoisotopic (exact) mass is 517 g/mol. The van der Waals surface area contributed by atoms with Crippen molar-refractivity contribution >= 4 is 22.0 Å². The molecule has 0 atom stereocenters. The largest absolute Gasteiger partial charge is 0.495 e. The molecular weight excluding hydrogens is 470 g/mol. The number of benzene rings is 1. The summed E-state index contributed by atoms with van der Waals surface area (Å²) in [6.07, 6.45) is 19.6. The molecule has 1 aromatic carbocycles. The second kappa shape index (κ2) is 14.7.